The average Bonchev–Trinajstić information content (AvgIpc) is 3.75. The number of carbonyl (C=O) groups is 6. The molecule has 16 heteroatoms. The molecule has 3 fully saturated rings. The molecule has 0 radical (unpaired) electrons. The van der Waals surface area contributed by atoms with Crippen molar-refractivity contribution < 1.29 is 43.3 Å². The Morgan fingerprint density at radius 3 is 2.42 bits per heavy atom. The van der Waals surface area contributed by atoms with E-state index in [4.69, 9.17) is 9.47 Å². The molecule has 2 saturated heterocycles. The Balaban J connectivity index is 1.29. The van der Waals surface area contributed by atoms with Crippen molar-refractivity contribution in [2.45, 2.75) is 83.0 Å². The second kappa shape index (κ2) is 16.5. The van der Waals surface area contributed by atoms with Crippen molar-refractivity contribution >= 4 is 35.7 Å². The number of likely N-dealkylation sites (tertiary alicyclic amines) is 1. The van der Waals surface area contributed by atoms with Crippen molar-refractivity contribution in [1.82, 2.24) is 35.1 Å². The molecule has 2 aliphatic heterocycles. The summed E-state index contributed by atoms with van der Waals surface area (Å²) in [5, 5.41) is 19.5. The van der Waals surface area contributed by atoms with Gasteiger partial charge in [-0.15, -0.1) is 0 Å². The summed E-state index contributed by atoms with van der Waals surface area (Å²) in [4.78, 5) is 81.7. The molecule has 3 atom stereocenters. The number of benzene rings is 1. The molecule has 0 spiro atoms. The van der Waals surface area contributed by atoms with Crippen molar-refractivity contribution in [3.05, 3.63) is 42.1 Å². The quantitative estimate of drug-likeness (QED) is 0.277. The number of carboxylic acids is 1. The van der Waals surface area contributed by atoms with E-state index >= 15 is 0 Å². The normalized spacial score (nSPS) is 19.7. The van der Waals surface area contributed by atoms with Gasteiger partial charge in [-0.25, -0.2) is 9.48 Å². The van der Waals surface area contributed by atoms with E-state index in [-0.39, 0.29) is 74.6 Å². The van der Waals surface area contributed by atoms with Gasteiger partial charge < -0.3 is 39.9 Å². The third-order valence-corrected chi connectivity index (χ3v) is 9.27. The number of carbonyl (C=O) groups excluding carboxylic acids is 5. The number of carboxylic acid groups (broad SMARTS) is 1. The molecule has 3 N–H and O–H groups in total. The van der Waals surface area contributed by atoms with Gasteiger partial charge in [0.15, 0.2) is 12.3 Å². The third kappa shape index (κ3) is 8.71. The number of para-hydroxylation sites is 1. The van der Waals surface area contributed by atoms with Crippen LogP contribution in [0.3, 0.4) is 0 Å². The van der Waals surface area contributed by atoms with Gasteiger partial charge in [-0.2, -0.15) is 5.10 Å². The molecule has 1 unspecified atom stereocenters. The van der Waals surface area contributed by atoms with Crippen molar-refractivity contribution in [3.63, 3.8) is 0 Å². The zero-order chi connectivity index (χ0) is 35.8. The summed E-state index contributed by atoms with van der Waals surface area (Å²) in [5.41, 5.74) is 0.420. The van der Waals surface area contributed by atoms with Gasteiger partial charge in [0.1, 0.15) is 12.1 Å². The van der Waals surface area contributed by atoms with Gasteiger partial charge in [0.2, 0.25) is 17.7 Å². The first-order valence-corrected chi connectivity index (χ1v) is 17.2. The van der Waals surface area contributed by atoms with E-state index in [0.29, 0.717) is 25.1 Å². The van der Waals surface area contributed by atoms with Crippen LogP contribution >= 0.6 is 0 Å². The number of rotatable bonds is 13. The highest BCUT2D eigenvalue weighted by atomic mass is 16.6. The number of aliphatic carboxylic acids is 1. The fourth-order valence-corrected chi connectivity index (χ4v) is 6.35. The zero-order valence-corrected chi connectivity index (χ0v) is 28.4. The third-order valence-electron chi connectivity index (χ3n) is 9.27. The first-order valence-electron chi connectivity index (χ1n) is 17.2. The highest BCUT2D eigenvalue weighted by Crippen LogP contribution is 2.24. The van der Waals surface area contributed by atoms with Crippen molar-refractivity contribution in [3.8, 4) is 11.6 Å². The van der Waals surface area contributed by atoms with Crippen LogP contribution < -0.4 is 15.4 Å². The van der Waals surface area contributed by atoms with E-state index in [1.807, 2.05) is 0 Å². The smallest absolute Gasteiger partial charge is 0.410 e. The Morgan fingerprint density at radius 1 is 1.00 bits per heavy atom. The lowest BCUT2D eigenvalue weighted by molar-refractivity contribution is -0.140. The van der Waals surface area contributed by atoms with Crippen LogP contribution in [0.5, 0.6) is 5.88 Å². The topological polar surface area (TPSA) is 193 Å². The van der Waals surface area contributed by atoms with Gasteiger partial charge in [0, 0.05) is 50.7 Å². The molecule has 50 heavy (non-hydrogen) atoms. The van der Waals surface area contributed by atoms with Crippen LogP contribution in [0.25, 0.3) is 5.69 Å². The Bertz CT molecular complexity index is 1560. The maximum absolute atomic E-state index is 13.6. The number of nitrogens with one attached hydrogen (secondary N) is 2. The number of ether oxygens (including phenoxy) is 2. The lowest BCUT2D eigenvalue weighted by Crippen LogP contribution is -2.59. The number of amides is 5. The summed E-state index contributed by atoms with van der Waals surface area (Å²) in [5.74, 6) is -2.81. The second-order valence-corrected chi connectivity index (χ2v) is 12.8. The van der Waals surface area contributed by atoms with Crippen LogP contribution in [0, 0.1) is 0 Å². The molecule has 5 rings (SSSR count). The molecule has 1 aliphatic carbocycles. The van der Waals surface area contributed by atoms with Gasteiger partial charge >= 0.3 is 12.1 Å². The summed E-state index contributed by atoms with van der Waals surface area (Å²) in [6, 6.07) is 8.20. The van der Waals surface area contributed by atoms with Gasteiger partial charge in [0.05, 0.1) is 12.3 Å². The molecule has 2 aromatic rings. The minimum Gasteiger partial charge on any atom is -0.481 e. The fourth-order valence-electron chi connectivity index (χ4n) is 6.35. The van der Waals surface area contributed by atoms with Gasteiger partial charge in [0.25, 0.3) is 11.8 Å². The van der Waals surface area contributed by atoms with E-state index in [2.05, 4.69) is 15.7 Å². The predicted octanol–water partition coefficient (Wildman–Crippen LogP) is 1.56. The van der Waals surface area contributed by atoms with E-state index < -0.39 is 42.6 Å². The SMILES string of the molecule is CCOC(=O)N1CCN(C(=O)C(CCC(=O)O)NC(=O)c2cc(OCC(=O)N3CCC[C@H]3C(=O)NC3CCC3)n(-c3ccccc3)n2)C[C@@H]1C. The maximum Gasteiger partial charge on any atom is 0.410 e. The van der Waals surface area contributed by atoms with Crippen molar-refractivity contribution in [2.75, 3.05) is 39.4 Å². The second-order valence-electron chi connectivity index (χ2n) is 12.8. The van der Waals surface area contributed by atoms with E-state index in [1.165, 1.54) is 25.4 Å². The van der Waals surface area contributed by atoms with Crippen LogP contribution in [0.1, 0.15) is 69.3 Å². The molecule has 3 aliphatic rings. The number of piperazine rings is 1. The Kier molecular flexibility index (Phi) is 11.9. The molecule has 5 amide bonds. The molecular formula is C34H45N7O9. The lowest BCUT2D eigenvalue weighted by atomic mass is 9.93. The largest absolute Gasteiger partial charge is 0.481 e. The molecule has 1 aromatic heterocycles. The van der Waals surface area contributed by atoms with Crippen LogP contribution in [0.15, 0.2) is 36.4 Å². The molecule has 0 bridgehead atoms. The molecular weight excluding hydrogens is 650 g/mol. The summed E-state index contributed by atoms with van der Waals surface area (Å²) in [6.45, 7) is 4.30. The first-order chi connectivity index (χ1) is 24.0. The summed E-state index contributed by atoms with van der Waals surface area (Å²) in [7, 11) is 0. The number of aromatic nitrogens is 2. The summed E-state index contributed by atoms with van der Waals surface area (Å²) < 4.78 is 12.4. The van der Waals surface area contributed by atoms with Crippen LogP contribution in [0.2, 0.25) is 0 Å². The maximum atomic E-state index is 13.6. The number of nitrogens with zero attached hydrogens (tertiary/aromatic N) is 5. The number of hydrogen-bond donors (Lipinski definition) is 3. The highest BCUT2D eigenvalue weighted by molar-refractivity contribution is 5.96. The van der Waals surface area contributed by atoms with Gasteiger partial charge in [-0.3, -0.25) is 24.0 Å². The van der Waals surface area contributed by atoms with E-state index in [1.54, 1.807) is 44.2 Å². The molecule has 1 saturated carbocycles. The van der Waals surface area contributed by atoms with Crippen LogP contribution in [0.4, 0.5) is 4.79 Å². The minimum atomic E-state index is -1.19. The van der Waals surface area contributed by atoms with Crippen molar-refractivity contribution in [1.29, 1.82) is 0 Å². The average molecular weight is 696 g/mol. The standard InChI is InChI=1S/C34H45N7O9/c1-3-49-34(48)39-18-17-38(20-22(39)2)33(47)25(14-15-30(43)44)36-31(45)26-19-29(41(37-26)24-11-5-4-6-12-24)50-21-28(42)40-16-8-13-27(40)32(46)35-23-9-7-10-23/h4-6,11-12,19,22-23,25,27H,3,7-10,13-18,20-21H2,1-2H3,(H,35,46)(H,36,45)(H,43,44)/t22-,25?,27-/m0/s1. The van der Waals surface area contributed by atoms with Gasteiger partial charge in [-0.1, -0.05) is 18.2 Å². The molecule has 270 valence electrons. The monoisotopic (exact) mass is 695 g/mol. The van der Waals surface area contributed by atoms with E-state index in [0.717, 1.165) is 19.3 Å². The zero-order valence-electron chi connectivity index (χ0n) is 28.4. The fraction of sp³-hybridized carbons (Fsp3) is 0.559. The van der Waals surface area contributed by atoms with Crippen LogP contribution in [-0.2, 0) is 23.9 Å². The summed E-state index contributed by atoms with van der Waals surface area (Å²) in [6.07, 6.45) is 3.20. The first kappa shape index (κ1) is 36.1. The Labute approximate surface area is 290 Å². The molecule has 3 heterocycles. The van der Waals surface area contributed by atoms with E-state index in [9.17, 15) is 33.9 Å². The number of hydrogen-bond acceptors (Lipinski definition) is 9. The van der Waals surface area contributed by atoms with Gasteiger partial charge in [-0.05, 0) is 64.5 Å². The minimum absolute atomic E-state index is 0.0849. The Hall–Kier alpha value is -5.15. The molecule has 16 nitrogen and oxygen atoms in total. The molecule has 1 aromatic carbocycles. The summed E-state index contributed by atoms with van der Waals surface area (Å²) >= 11 is 0. The van der Waals surface area contributed by atoms with Crippen molar-refractivity contribution in [2.24, 2.45) is 0 Å². The highest BCUT2D eigenvalue weighted by Gasteiger charge is 2.37. The predicted molar refractivity (Wildman–Crippen MR) is 177 cm³/mol. The Morgan fingerprint density at radius 2 is 1.76 bits per heavy atom. The van der Waals surface area contributed by atoms with Crippen LogP contribution in [-0.4, -0.2) is 129 Å². The lowest BCUT2D eigenvalue weighted by Gasteiger charge is -2.40.